The van der Waals surface area contributed by atoms with Gasteiger partial charge in [-0.25, -0.2) is 0 Å². The molecule has 144 valence electrons. The summed E-state index contributed by atoms with van der Waals surface area (Å²) in [6.07, 6.45) is 4.41. The first-order chi connectivity index (χ1) is 12.4. The maximum atomic E-state index is 12.7. The minimum atomic E-state index is -0.249. The third-order valence-electron chi connectivity index (χ3n) is 5.78. The van der Waals surface area contributed by atoms with E-state index < -0.39 is 0 Å². The van der Waals surface area contributed by atoms with Gasteiger partial charge in [0.25, 0.3) is 0 Å². The monoisotopic (exact) mass is 361 g/mol. The van der Waals surface area contributed by atoms with Crippen LogP contribution in [0.25, 0.3) is 0 Å². The molecule has 2 aliphatic heterocycles. The molecule has 26 heavy (non-hydrogen) atoms. The van der Waals surface area contributed by atoms with Crippen molar-refractivity contribution in [1.29, 1.82) is 0 Å². The molecule has 7 heteroatoms. The average Bonchev–Trinajstić information content (AvgIpc) is 3.09. The van der Waals surface area contributed by atoms with E-state index in [1.165, 1.54) is 12.8 Å². The second kappa shape index (κ2) is 8.20. The Morgan fingerprint density at radius 1 is 1.19 bits per heavy atom. The molecular formula is C19H31N5O2. The molecule has 3 rings (SSSR count). The van der Waals surface area contributed by atoms with Gasteiger partial charge >= 0.3 is 0 Å². The number of amides is 2. The van der Waals surface area contributed by atoms with Crippen LogP contribution in [-0.4, -0.2) is 63.6 Å². The largest absolute Gasteiger partial charge is 0.370 e. The molecule has 2 N–H and O–H groups in total. The first-order valence-corrected chi connectivity index (χ1v) is 9.75. The highest BCUT2D eigenvalue weighted by atomic mass is 16.2. The number of hydrogen-bond donors (Lipinski definition) is 1. The highest BCUT2D eigenvalue weighted by molar-refractivity contribution is 5.76. The third kappa shape index (κ3) is 4.44. The van der Waals surface area contributed by atoms with Gasteiger partial charge in [-0.3, -0.25) is 19.2 Å². The molecular weight excluding hydrogens is 330 g/mol. The summed E-state index contributed by atoms with van der Waals surface area (Å²) in [6.45, 7) is 7.96. The number of likely N-dealkylation sites (tertiary alicyclic amines) is 2. The van der Waals surface area contributed by atoms with E-state index in [1.807, 2.05) is 29.5 Å². The van der Waals surface area contributed by atoms with E-state index in [0.29, 0.717) is 37.9 Å². The number of rotatable bonds is 6. The van der Waals surface area contributed by atoms with Gasteiger partial charge in [-0.1, -0.05) is 6.42 Å². The number of carbonyl (C=O) groups excluding carboxylic acids is 2. The van der Waals surface area contributed by atoms with E-state index in [1.54, 1.807) is 0 Å². The van der Waals surface area contributed by atoms with Crippen LogP contribution in [0.3, 0.4) is 0 Å². The van der Waals surface area contributed by atoms with Gasteiger partial charge in [-0.2, -0.15) is 5.10 Å². The van der Waals surface area contributed by atoms with E-state index in [0.717, 1.165) is 37.4 Å². The first-order valence-electron chi connectivity index (χ1n) is 9.75. The van der Waals surface area contributed by atoms with Gasteiger partial charge in [0.15, 0.2) is 0 Å². The molecule has 1 aromatic rings. The lowest BCUT2D eigenvalue weighted by molar-refractivity contribution is -0.130. The zero-order valence-electron chi connectivity index (χ0n) is 16.0. The lowest BCUT2D eigenvalue weighted by atomic mass is 9.98. The van der Waals surface area contributed by atoms with Crippen molar-refractivity contribution in [3.8, 4) is 0 Å². The Labute approximate surface area is 155 Å². The Balaban J connectivity index is 1.57. The van der Waals surface area contributed by atoms with Gasteiger partial charge in [0.1, 0.15) is 0 Å². The van der Waals surface area contributed by atoms with Crippen LogP contribution in [0.15, 0.2) is 6.07 Å². The molecule has 3 heterocycles. The first kappa shape index (κ1) is 18.9. The Morgan fingerprint density at radius 2 is 2.00 bits per heavy atom. The number of nitrogens with zero attached hydrogens (tertiary/aromatic N) is 4. The molecule has 0 saturated carbocycles. The Kier molecular flexibility index (Phi) is 5.96. The molecule has 2 amide bonds. The van der Waals surface area contributed by atoms with Crippen LogP contribution in [0.1, 0.15) is 43.5 Å². The Hall–Kier alpha value is -1.89. The van der Waals surface area contributed by atoms with E-state index in [9.17, 15) is 9.59 Å². The summed E-state index contributed by atoms with van der Waals surface area (Å²) >= 11 is 0. The Bertz CT molecular complexity index is 656. The summed E-state index contributed by atoms with van der Waals surface area (Å²) in [4.78, 5) is 28.3. The number of aromatic nitrogens is 2. The van der Waals surface area contributed by atoms with E-state index in [-0.39, 0.29) is 11.8 Å². The maximum Gasteiger partial charge on any atom is 0.224 e. The smallest absolute Gasteiger partial charge is 0.224 e. The summed E-state index contributed by atoms with van der Waals surface area (Å²) in [5.74, 6) is 0.477. The topological polar surface area (TPSA) is 84.5 Å². The predicted molar refractivity (Wildman–Crippen MR) is 99.4 cm³/mol. The lowest BCUT2D eigenvalue weighted by Gasteiger charge is -2.29. The van der Waals surface area contributed by atoms with Gasteiger partial charge in [-0.05, 0) is 45.2 Å². The van der Waals surface area contributed by atoms with Crippen LogP contribution in [0.2, 0.25) is 0 Å². The molecule has 2 aliphatic rings. The fourth-order valence-electron chi connectivity index (χ4n) is 4.43. The summed E-state index contributed by atoms with van der Waals surface area (Å²) in [5.41, 5.74) is 7.42. The summed E-state index contributed by atoms with van der Waals surface area (Å²) in [5, 5.41) is 4.44. The fraction of sp³-hybridized carbons (Fsp3) is 0.737. The van der Waals surface area contributed by atoms with Gasteiger partial charge in [0, 0.05) is 50.8 Å². The van der Waals surface area contributed by atoms with Crippen molar-refractivity contribution in [1.82, 2.24) is 19.6 Å². The molecule has 0 aliphatic carbocycles. The maximum absolute atomic E-state index is 12.7. The molecule has 0 spiro atoms. The molecule has 0 bridgehead atoms. The van der Waals surface area contributed by atoms with Crippen molar-refractivity contribution in [3.05, 3.63) is 17.5 Å². The number of hydrogen-bond acceptors (Lipinski definition) is 4. The third-order valence-corrected chi connectivity index (χ3v) is 5.78. The van der Waals surface area contributed by atoms with Crippen LogP contribution >= 0.6 is 0 Å². The standard InChI is InChI=1S/C19H31N5O2/c1-14-11-15(2)24(21-14)10-7-19(26)23-12-16-5-3-4-8-22(17(16)13-23)9-6-18(20)25/h11,16-17H,3-10,12-13H2,1-2H3,(H2,20,25)/t16-,17+/m0/s1. The van der Waals surface area contributed by atoms with E-state index >= 15 is 0 Å². The quantitative estimate of drug-likeness (QED) is 0.822. The zero-order chi connectivity index (χ0) is 18.7. The molecule has 7 nitrogen and oxygen atoms in total. The van der Waals surface area contributed by atoms with Crippen molar-refractivity contribution in [3.63, 3.8) is 0 Å². The molecule has 2 saturated heterocycles. The van der Waals surface area contributed by atoms with Gasteiger partial charge < -0.3 is 10.6 Å². The average molecular weight is 361 g/mol. The molecule has 0 radical (unpaired) electrons. The van der Waals surface area contributed by atoms with Crippen LogP contribution < -0.4 is 5.73 Å². The van der Waals surface area contributed by atoms with Gasteiger partial charge in [0.2, 0.25) is 11.8 Å². The van der Waals surface area contributed by atoms with Gasteiger partial charge in [-0.15, -0.1) is 0 Å². The molecule has 0 unspecified atom stereocenters. The second-order valence-electron chi connectivity index (χ2n) is 7.77. The number of primary amides is 1. The minimum Gasteiger partial charge on any atom is -0.370 e. The Morgan fingerprint density at radius 3 is 2.69 bits per heavy atom. The highest BCUT2D eigenvalue weighted by Gasteiger charge is 2.39. The summed E-state index contributed by atoms with van der Waals surface area (Å²) in [6, 6.07) is 2.41. The van der Waals surface area contributed by atoms with Crippen LogP contribution in [-0.2, 0) is 16.1 Å². The van der Waals surface area contributed by atoms with E-state index in [2.05, 4.69) is 10.00 Å². The van der Waals surface area contributed by atoms with Crippen LogP contribution in [0.5, 0.6) is 0 Å². The fourth-order valence-corrected chi connectivity index (χ4v) is 4.43. The number of nitrogens with two attached hydrogens (primary N) is 1. The summed E-state index contributed by atoms with van der Waals surface area (Å²) in [7, 11) is 0. The van der Waals surface area contributed by atoms with Crippen molar-refractivity contribution < 1.29 is 9.59 Å². The molecule has 1 aromatic heterocycles. The number of fused-ring (bicyclic) bond motifs is 1. The number of aryl methyl sites for hydroxylation is 3. The van der Waals surface area contributed by atoms with Gasteiger partial charge in [0.05, 0.1) is 5.69 Å². The molecule has 2 atom stereocenters. The zero-order valence-corrected chi connectivity index (χ0v) is 16.0. The predicted octanol–water partition coefficient (Wildman–Crippen LogP) is 1.08. The van der Waals surface area contributed by atoms with Crippen molar-refractivity contribution >= 4 is 11.8 Å². The van der Waals surface area contributed by atoms with E-state index in [4.69, 9.17) is 5.73 Å². The minimum absolute atomic E-state index is 0.209. The highest BCUT2D eigenvalue weighted by Crippen LogP contribution is 2.30. The SMILES string of the molecule is Cc1cc(C)n(CCC(=O)N2C[C@@H]3CCCCN(CCC(N)=O)[C@@H]3C2)n1. The lowest BCUT2D eigenvalue weighted by Crippen LogP contribution is -2.42. The van der Waals surface area contributed by atoms with Crippen molar-refractivity contribution in [2.45, 2.75) is 58.5 Å². The molecule has 0 aromatic carbocycles. The van der Waals surface area contributed by atoms with Crippen LogP contribution in [0, 0.1) is 19.8 Å². The van der Waals surface area contributed by atoms with Crippen molar-refractivity contribution in [2.24, 2.45) is 11.7 Å². The normalized spacial score (nSPS) is 23.7. The summed E-state index contributed by atoms with van der Waals surface area (Å²) < 4.78 is 1.92. The second-order valence-corrected chi connectivity index (χ2v) is 7.77. The van der Waals surface area contributed by atoms with Crippen molar-refractivity contribution in [2.75, 3.05) is 26.2 Å². The molecule has 2 fully saturated rings. The number of carbonyl (C=O) groups is 2. The van der Waals surface area contributed by atoms with Crippen LogP contribution in [0.4, 0.5) is 0 Å².